The third-order valence-corrected chi connectivity index (χ3v) is 2.22. The molecule has 0 heterocycles. The Balaban J connectivity index is 2.94. The smallest absolute Gasteiger partial charge is 0.258 e. The quantitative estimate of drug-likeness (QED) is 0.732. The number of amides is 1. The molecule has 1 amide bonds. The molecule has 0 bridgehead atoms. The number of hydrogen-bond acceptors (Lipinski definition) is 4. The molecule has 0 spiro atoms. The van der Waals surface area contributed by atoms with Crippen LogP contribution in [0.1, 0.15) is 6.92 Å². The summed E-state index contributed by atoms with van der Waals surface area (Å²) in [6, 6.07) is 5.38. The van der Waals surface area contributed by atoms with Crippen molar-refractivity contribution in [3.63, 3.8) is 0 Å². The van der Waals surface area contributed by atoms with Crippen LogP contribution in [0.25, 0.3) is 0 Å². The van der Waals surface area contributed by atoms with Crippen LogP contribution >= 0.6 is 0 Å². The van der Waals surface area contributed by atoms with Crippen LogP contribution < -0.4 is 21.1 Å². The molecule has 5 heteroatoms. The first-order chi connectivity index (χ1) is 7.41. The highest BCUT2D eigenvalue weighted by Crippen LogP contribution is 2.27. The number of nitrogen functional groups attached to an aromatic ring is 1. The summed E-state index contributed by atoms with van der Waals surface area (Å²) < 4.78 is 5.37. The van der Waals surface area contributed by atoms with Gasteiger partial charge in [0.05, 0.1) is 5.69 Å². The predicted molar refractivity (Wildman–Crippen MR) is 64.5 cm³/mol. The van der Waals surface area contributed by atoms with Crippen LogP contribution in [-0.4, -0.2) is 26.1 Å². The lowest BCUT2D eigenvalue weighted by atomic mass is 10.2. The van der Waals surface area contributed by atoms with Gasteiger partial charge in [0.15, 0.2) is 6.10 Å². The molecule has 0 aliphatic rings. The van der Waals surface area contributed by atoms with Crippen molar-refractivity contribution in [2.24, 2.45) is 5.73 Å². The Labute approximate surface area is 95.0 Å². The summed E-state index contributed by atoms with van der Waals surface area (Å²) in [5.74, 6) is -0.0489. The van der Waals surface area contributed by atoms with Gasteiger partial charge in [0.25, 0.3) is 5.91 Å². The first kappa shape index (κ1) is 12.2. The van der Waals surface area contributed by atoms with Crippen molar-refractivity contribution in [3.8, 4) is 5.75 Å². The third kappa shape index (κ3) is 2.79. The maximum absolute atomic E-state index is 10.9. The normalized spacial score (nSPS) is 11.9. The van der Waals surface area contributed by atoms with Gasteiger partial charge in [-0.05, 0) is 19.1 Å². The summed E-state index contributed by atoms with van der Waals surface area (Å²) in [6.07, 6.45) is -0.695. The Morgan fingerprint density at radius 1 is 1.44 bits per heavy atom. The Bertz CT molecular complexity index is 391. The second-order valence-corrected chi connectivity index (χ2v) is 3.78. The molecule has 0 fully saturated rings. The van der Waals surface area contributed by atoms with E-state index in [1.807, 2.05) is 25.1 Å². The minimum Gasteiger partial charge on any atom is -0.479 e. The predicted octanol–water partition coefficient (Wildman–Crippen LogP) is 0.587. The lowest BCUT2D eigenvalue weighted by Gasteiger charge is -2.17. The number of carbonyl (C=O) groups is 1. The minimum absolute atomic E-state index is 0.470. The average Bonchev–Trinajstić information content (AvgIpc) is 2.20. The molecule has 1 atom stereocenters. The summed E-state index contributed by atoms with van der Waals surface area (Å²) in [6.45, 7) is 1.59. The molecule has 1 rings (SSSR count). The molecular weight excluding hydrogens is 206 g/mol. The van der Waals surface area contributed by atoms with Crippen molar-refractivity contribution in [1.82, 2.24) is 0 Å². The van der Waals surface area contributed by atoms with Crippen molar-refractivity contribution in [3.05, 3.63) is 18.2 Å². The molecule has 0 aromatic heterocycles. The molecule has 0 aliphatic heterocycles. The van der Waals surface area contributed by atoms with Gasteiger partial charge in [0.2, 0.25) is 0 Å². The van der Waals surface area contributed by atoms with E-state index >= 15 is 0 Å². The zero-order chi connectivity index (χ0) is 12.3. The number of rotatable bonds is 4. The minimum atomic E-state index is -0.695. The molecule has 0 radical (unpaired) electrons. The van der Waals surface area contributed by atoms with Gasteiger partial charge in [-0.15, -0.1) is 0 Å². The molecule has 1 unspecified atom stereocenters. The summed E-state index contributed by atoms with van der Waals surface area (Å²) in [4.78, 5) is 12.8. The molecule has 4 N–H and O–H groups in total. The van der Waals surface area contributed by atoms with Crippen LogP contribution in [-0.2, 0) is 4.79 Å². The Kier molecular flexibility index (Phi) is 3.60. The molecule has 5 nitrogen and oxygen atoms in total. The van der Waals surface area contributed by atoms with E-state index in [4.69, 9.17) is 16.2 Å². The number of hydrogen-bond donors (Lipinski definition) is 2. The third-order valence-electron chi connectivity index (χ3n) is 2.22. The number of benzene rings is 1. The van der Waals surface area contributed by atoms with Gasteiger partial charge in [0, 0.05) is 25.8 Å². The number of nitrogens with two attached hydrogens (primary N) is 2. The number of primary amides is 1. The van der Waals surface area contributed by atoms with Crippen LogP contribution in [0, 0.1) is 0 Å². The number of nitrogens with zero attached hydrogens (tertiary/aromatic N) is 1. The number of ether oxygens (including phenoxy) is 1. The Morgan fingerprint density at radius 2 is 2.06 bits per heavy atom. The fourth-order valence-corrected chi connectivity index (χ4v) is 1.15. The van der Waals surface area contributed by atoms with E-state index < -0.39 is 12.0 Å². The van der Waals surface area contributed by atoms with Crippen molar-refractivity contribution >= 4 is 17.3 Å². The first-order valence-corrected chi connectivity index (χ1v) is 4.94. The van der Waals surface area contributed by atoms with E-state index in [1.165, 1.54) is 0 Å². The Morgan fingerprint density at radius 3 is 2.56 bits per heavy atom. The highest BCUT2D eigenvalue weighted by Gasteiger charge is 2.12. The average molecular weight is 223 g/mol. The van der Waals surface area contributed by atoms with Gasteiger partial charge in [-0.3, -0.25) is 4.79 Å². The second kappa shape index (κ2) is 4.74. The first-order valence-electron chi connectivity index (χ1n) is 4.94. The zero-order valence-electron chi connectivity index (χ0n) is 9.73. The van der Waals surface area contributed by atoms with E-state index in [0.29, 0.717) is 11.4 Å². The van der Waals surface area contributed by atoms with E-state index in [2.05, 4.69) is 0 Å². The standard InChI is InChI=1S/C11H17N3O2/c1-7(11(13)15)16-10-6-8(14(2)3)4-5-9(10)12/h4-7H,12H2,1-3H3,(H2,13,15). The van der Waals surface area contributed by atoms with Crippen molar-refractivity contribution in [1.29, 1.82) is 0 Å². The van der Waals surface area contributed by atoms with Gasteiger partial charge in [-0.2, -0.15) is 0 Å². The molecule has 0 aliphatic carbocycles. The molecule has 88 valence electrons. The van der Waals surface area contributed by atoms with Gasteiger partial charge < -0.3 is 21.1 Å². The Hall–Kier alpha value is -1.91. The maximum Gasteiger partial charge on any atom is 0.258 e. The van der Waals surface area contributed by atoms with Gasteiger partial charge in [0.1, 0.15) is 5.75 Å². The van der Waals surface area contributed by atoms with Gasteiger partial charge in [-0.1, -0.05) is 0 Å². The van der Waals surface area contributed by atoms with Gasteiger partial charge >= 0.3 is 0 Å². The van der Waals surface area contributed by atoms with Crippen LogP contribution in [0.2, 0.25) is 0 Å². The lowest BCUT2D eigenvalue weighted by Crippen LogP contribution is -2.30. The highest BCUT2D eigenvalue weighted by molar-refractivity contribution is 5.79. The van der Waals surface area contributed by atoms with Crippen LogP contribution in [0.5, 0.6) is 5.75 Å². The fourth-order valence-electron chi connectivity index (χ4n) is 1.15. The highest BCUT2D eigenvalue weighted by atomic mass is 16.5. The number of anilines is 2. The summed E-state index contributed by atoms with van der Waals surface area (Å²) >= 11 is 0. The molecule has 16 heavy (non-hydrogen) atoms. The topological polar surface area (TPSA) is 81.6 Å². The van der Waals surface area contributed by atoms with Crippen molar-refractivity contribution in [2.45, 2.75) is 13.0 Å². The summed E-state index contributed by atoms with van der Waals surface area (Å²) in [5.41, 5.74) is 12.3. The van der Waals surface area contributed by atoms with Crippen LogP contribution in [0.3, 0.4) is 0 Å². The lowest BCUT2D eigenvalue weighted by molar-refractivity contribution is -0.123. The second-order valence-electron chi connectivity index (χ2n) is 3.78. The monoisotopic (exact) mass is 223 g/mol. The molecule has 1 aromatic rings. The van der Waals surface area contributed by atoms with Crippen molar-refractivity contribution < 1.29 is 9.53 Å². The largest absolute Gasteiger partial charge is 0.479 e. The van der Waals surface area contributed by atoms with Crippen molar-refractivity contribution in [2.75, 3.05) is 24.7 Å². The molecule has 0 saturated carbocycles. The zero-order valence-corrected chi connectivity index (χ0v) is 9.73. The van der Waals surface area contributed by atoms with Crippen LogP contribution in [0.15, 0.2) is 18.2 Å². The van der Waals surface area contributed by atoms with E-state index in [1.54, 1.807) is 19.1 Å². The van der Waals surface area contributed by atoms with Gasteiger partial charge in [-0.25, -0.2) is 0 Å². The molecule has 0 saturated heterocycles. The van der Waals surface area contributed by atoms with E-state index in [9.17, 15) is 4.79 Å². The summed E-state index contributed by atoms with van der Waals surface area (Å²) in [7, 11) is 3.82. The van der Waals surface area contributed by atoms with E-state index in [0.717, 1.165) is 5.69 Å². The van der Waals surface area contributed by atoms with Crippen LogP contribution in [0.4, 0.5) is 11.4 Å². The SMILES string of the molecule is CC(Oc1cc(N(C)C)ccc1N)C(N)=O. The summed E-state index contributed by atoms with van der Waals surface area (Å²) in [5, 5.41) is 0. The molecule has 1 aromatic carbocycles. The number of carbonyl (C=O) groups excluding carboxylic acids is 1. The van der Waals surface area contributed by atoms with E-state index in [-0.39, 0.29) is 0 Å². The molecular formula is C11H17N3O2. The maximum atomic E-state index is 10.9. The fraction of sp³-hybridized carbons (Fsp3) is 0.364.